The molecular weight excluding hydrogens is 328 g/mol. The summed E-state index contributed by atoms with van der Waals surface area (Å²) in [4.78, 5) is 16.8. The highest BCUT2D eigenvalue weighted by molar-refractivity contribution is 5.76. The molecule has 3 rings (SSSR count). The molecule has 1 aliphatic rings. The molecule has 2 aromatic heterocycles. The summed E-state index contributed by atoms with van der Waals surface area (Å²) in [6, 6.07) is 4.11. The molecule has 0 bridgehead atoms. The Morgan fingerprint density at radius 1 is 1.31 bits per heavy atom. The van der Waals surface area contributed by atoms with Crippen molar-refractivity contribution in [1.82, 2.24) is 29.1 Å². The maximum absolute atomic E-state index is 12.7. The van der Waals surface area contributed by atoms with Gasteiger partial charge in [0, 0.05) is 51.4 Å². The molecule has 0 aromatic carbocycles. The van der Waals surface area contributed by atoms with Gasteiger partial charge in [0.1, 0.15) is 11.6 Å². The van der Waals surface area contributed by atoms with E-state index < -0.39 is 0 Å². The Kier molecular flexibility index (Phi) is 5.76. The first-order valence-electron chi connectivity index (χ1n) is 9.36. The smallest absolute Gasteiger partial charge is 0.222 e. The number of aryl methyl sites for hydroxylation is 2. The van der Waals surface area contributed by atoms with Crippen LogP contribution in [0.15, 0.2) is 18.3 Å². The number of likely N-dealkylation sites (tertiary alicyclic amines) is 1. The third-order valence-electron chi connectivity index (χ3n) is 5.24. The Hall–Kier alpha value is -2.15. The van der Waals surface area contributed by atoms with Crippen molar-refractivity contribution >= 4 is 5.91 Å². The van der Waals surface area contributed by atoms with Crippen LogP contribution in [0.4, 0.5) is 0 Å². The zero-order valence-electron chi connectivity index (χ0n) is 16.4. The lowest BCUT2D eigenvalue weighted by molar-refractivity contribution is -0.132. The molecule has 1 amide bonds. The highest BCUT2D eigenvalue weighted by Crippen LogP contribution is 2.26. The molecule has 1 saturated heterocycles. The van der Waals surface area contributed by atoms with E-state index in [-0.39, 0.29) is 11.8 Å². The van der Waals surface area contributed by atoms with Crippen molar-refractivity contribution in [2.75, 3.05) is 27.2 Å². The number of carbonyl (C=O) groups is 1. The Bertz CT molecular complexity index is 747. The minimum Gasteiger partial charge on any atom is -0.354 e. The minimum atomic E-state index is 0.242. The first-order valence-corrected chi connectivity index (χ1v) is 9.36. The van der Waals surface area contributed by atoms with Crippen LogP contribution in [-0.2, 0) is 31.9 Å². The summed E-state index contributed by atoms with van der Waals surface area (Å²) in [6.45, 7) is 2.38. The van der Waals surface area contributed by atoms with Crippen molar-refractivity contribution in [2.24, 2.45) is 14.1 Å². The number of amides is 1. The highest BCUT2D eigenvalue weighted by atomic mass is 16.2. The molecule has 0 spiro atoms. The van der Waals surface area contributed by atoms with Crippen molar-refractivity contribution in [1.29, 1.82) is 0 Å². The van der Waals surface area contributed by atoms with Crippen LogP contribution >= 0.6 is 0 Å². The number of hydrogen-bond acceptors (Lipinski definition) is 4. The van der Waals surface area contributed by atoms with Crippen molar-refractivity contribution in [3.8, 4) is 0 Å². The summed E-state index contributed by atoms with van der Waals surface area (Å²) >= 11 is 0. The number of hydrogen-bond donors (Lipinski definition) is 0. The van der Waals surface area contributed by atoms with Gasteiger partial charge in [0.05, 0.1) is 6.54 Å². The van der Waals surface area contributed by atoms with Gasteiger partial charge >= 0.3 is 0 Å². The quantitative estimate of drug-likeness (QED) is 0.786. The number of rotatable bonds is 6. The molecule has 0 N–H and O–H groups in total. The van der Waals surface area contributed by atoms with Crippen LogP contribution in [-0.4, -0.2) is 62.2 Å². The van der Waals surface area contributed by atoms with Gasteiger partial charge in [-0.25, -0.2) is 0 Å². The fourth-order valence-corrected chi connectivity index (χ4v) is 3.72. The van der Waals surface area contributed by atoms with E-state index in [0.717, 1.165) is 50.5 Å². The van der Waals surface area contributed by atoms with Crippen LogP contribution in [0.1, 0.15) is 42.5 Å². The zero-order chi connectivity index (χ0) is 18.7. The normalized spacial score (nSPS) is 17.9. The lowest BCUT2D eigenvalue weighted by atomic mass is 9.96. The lowest BCUT2D eigenvalue weighted by Gasteiger charge is -2.32. The van der Waals surface area contributed by atoms with Gasteiger partial charge < -0.3 is 18.9 Å². The van der Waals surface area contributed by atoms with E-state index in [2.05, 4.69) is 30.3 Å². The molecule has 1 fully saturated rings. The average Bonchev–Trinajstić information content (AvgIpc) is 3.18. The second kappa shape index (κ2) is 8.03. The predicted molar refractivity (Wildman–Crippen MR) is 101 cm³/mol. The fourth-order valence-electron chi connectivity index (χ4n) is 3.72. The second-order valence-corrected chi connectivity index (χ2v) is 7.56. The predicted octanol–water partition coefficient (Wildman–Crippen LogP) is 1.55. The molecular formula is C19H30N6O. The van der Waals surface area contributed by atoms with Gasteiger partial charge in [0.25, 0.3) is 0 Å². The summed E-state index contributed by atoms with van der Waals surface area (Å²) in [5.74, 6) is 2.49. The van der Waals surface area contributed by atoms with Crippen molar-refractivity contribution < 1.29 is 4.79 Å². The molecule has 2 aromatic rings. The zero-order valence-corrected chi connectivity index (χ0v) is 16.4. The van der Waals surface area contributed by atoms with Gasteiger partial charge in [-0.05, 0) is 45.5 Å². The maximum atomic E-state index is 12.7. The van der Waals surface area contributed by atoms with E-state index >= 15 is 0 Å². The Morgan fingerprint density at radius 3 is 2.81 bits per heavy atom. The summed E-state index contributed by atoms with van der Waals surface area (Å²) in [6.07, 6.45) is 5.47. The third-order valence-corrected chi connectivity index (χ3v) is 5.24. The largest absolute Gasteiger partial charge is 0.354 e. The molecule has 3 heterocycles. The molecule has 142 valence electrons. The summed E-state index contributed by atoms with van der Waals surface area (Å²) in [5, 5.41) is 8.78. The summed E-state index contributed by atoms with van der Waals surface area (Å²) in [7, 11) is 8.12. The van der Waals surface area contributed by atoms with Gasteiger partial charge in [-0.3, -0.25) is 4.79 Å². The van der Waals surface area contributed by atoms with Gasteiger partial charge in [0.2, 0.25) is 5.91 Å². The van der Waals surface area contributed by atoms with E-state index in [1.54, 1.807) is 0 Å². The molecule has 1 atom stereocenters. The standard InChI is InChI=1S/C19H30N6O/c1-22(2)14-17-20-21-19(24(17)4)15-7-5-12-25(13-15)18(26)10-9-16-8-6-11-23(16)3/h6,8,11,15H,5,7,9-10,12-14H2,1-4H3/t15-/m1/s1. The van der Waals surface area contributed by atoms with E-state index in [0.29, 0.717) is 6.42 Å². The summed E-state index contributed by atoms with van der Waals surface area (Å²) < 4.78 is 4.18. The van der Waals surface area contributed by atoms with Crippen molar-refractivity contribution in [3.63, 3.8) is 0 Å². The maximum Gasteiger partial charge on any atom is 0.222 e. The number of piperidine rings is 1. The first-order chi connectivity index (χ1) is 12.5. The number of aromatic nitrogens is 4. The minimum absolute atomic E-state index is 0.242. The van der Waals surface area contributed by atoms with Crippen LogP contribution in [0.5, 0.6) is 0 Å². The molecule has 1 aliphatic heterocycles. The van der Waals surface area contributed by atoms with Gasteiger partial charge in [0.15, 0.2) is 0 Å². The van der Waals surface area contributed by atoms with E-state index in [9.17, 15) is 4.79 Å². The van der Waals surface area contributed by atoms with E-state index in [1.165, 1.54) is 5.69 Å². The molecule has 0 unspecified atom stereocenters. The highest BCUT2D eigenvalue weighted by Gasteiger charge is 2.28. The van der Waals surface area contributed by atoms with Gasteiger partial charge in [-0.15, -0.1) is 10.2 Å². The molecule has 0 aliphatic carbocycles. The monoisotopic (exact) mass is 358 g/mol. The Labute approximate surface area is 155 Å². The van der Waals surface area contributed by atoms with Crippen LogP contribution in [0.3, 0.4) is 0 Å². The van der Waals surface area contributed by atoms with E-state index in [1.807, 2.05) is 45.4 Å². The lowest BCUT2D eigenvalue weighted by Crippen LogP contribution is -2.39. The SMILES string of the molecule is CN(C)Cc1nnc([C@@H]2CCCN(C(=O)CCc3cccn3C)C2)n1C. The van der Waals surface area contributed by atoms with Gasteiger partial charge in [-0.1, -0.05) is 0 Å². The third kappa shape index (κ3) is 4.15. The van der Waals surface area contributed by atoms with Crippen molar-refractivity contribution in [3.05, 3.63) is 35.7 Å². The molecule has 7 heteroatoms. The Balaban J connectivity index is 1.61. The average molecular weight is 358 g/mol. The topological polar surface area (TPSA) is 59.2 Å². The van der Waals surface area contributed by atoms with Gasteiger partial charge in [-0.2, -0.15) is 0 Å². The second-order valence-electron chi connectivity index (χ2n) is 7.56. The van der Waals surface area contributed by atoms with Crippen LogP contribution < -0.4 is 0 Å². The molecule has 26 heavy (non-hydrogen) atoms. The number of nitrogens with zero attached hydrogens (tertiary/aromatic N) is 6. The molecule has 0 radical (unpaired) electrons. The van der Waals surface area contributed by atoms with Crippen LogP contribution in [0.25, 0.3) is 0 Å². The number of carbonyl (C=O) groups excluding carboxylic acids is 1. The Morgan fingerprint density at radius 2 is 2.12 bits per heavy atom. The summed E-state index contributed by atoms with van der Waals surface area (Å²) in [5.41, 5.74) is 1.20. The van der Waals surface area contributed by atoms with Crippen LogP contribution in [0, 0.1) is 0 Å². The van der Waals surface area contributed by atoms with Crippen LogP contribution in [0.2, 0.25) is 0 Å². The molecule has 0 saturated carbocycles. The first kappa shape index (κ1) is 18.6. The molecule has 7 nitrogen and oxygen atoms in total. The van der Waals surface area contributed by atoms with Crippen molar-refractivity contribution in [2.45, 2.75) is 38.1 Å². The van der Waals surface area contributed by atoms with E-state index in [4.69, 9.17) is 0 Å². The fraction of sp³-hybridized carbons (Fsp3) is 0.632.